The van der Waals surface area contributed by atoms with E-state index < -0.39 is 11.9 Å². The van der Waals surface area contributed by atoms with E-state index in [0.29, 0.717) is 11.1 Å². The van der Waals surface area contributed by atoms with E-state index in [9.17, 15) is 30.0 Å². The average Bonchev–Trinajstić information content (AvgIpc) is 3.06. The maximum absolute atomic E-state index is 12.9. The van der Waals surface area contributed by atoms with Gasteiger partial charge in [0.05, 0.1) is 11.1 Å². The van der Waals surface area contributed by atoms with Crippen LogP contribution in [0, 0.1) is 0 Å². The summed E-state index contributed by atoms with van der Waals surface area (Å²) in [6.45, 7) is 0. The summed E-state index contributed by atoms with van der Waals surface area (Å²) in [5.74, 6) is -0.465. The molecule has 4 aliphatic rings. The third-order valence-electron chi connectivity index (χ3n) is 11.0. The van der Waals surface area contributed by atoms with Gasteiger partial charge in [-0.25, -0.2) is 9.59 Å². The van der Waals surface area contributed by atoms with Crippen molar-refractivity contribution in [3.8, 4) is 11.5 Å². The smallest absolute Gasteiger partial charge is 0.872 e. The molecule has 0 heterocycles. The maximum atomic E-state index is 12.9. The van der Waals surface area contributed by atoms with Gasteiger partial charge in [-0.3, -0.25) is 0 Å². The number of hydrogen-bond acceptors (Lipinski definition) is 4. The van der Waals surface area contributed by atoms with Crippen LogP contribution < -0.4 is 10.2 Å². The Labute approximate surface area is 279 Å². The molecular weight excluding hydrogens is 607 g/mol. The van der Waals surface area contributed by atoms with Gasteiger partial charge in [0.1, 0.15) is 0 Å². The fourth-order valence-electron chi connectivity index (χ4n) is 8.46. The fraction of sp³-hybridized carbons (Fsp3) is 0.632. The van der Waals surface area contributed by atoms with E-state index in [2.05, 4.69) is 0 Å². The van der Waals surface area contributed by atoms with Crippen molar-refractivity contribution in [2.75, 3.05) is 0 Å². The van der Waals surface area contributed by atoms with E-state index in [-0.39, 0.29) is 52.2 Å². The Kier molecular flexibility index (Phi) is 13.3. The van der Waals surface area contributed by atoms with Gasteiger partial charge in [-0.1, -0.05) is 99.3 Å². The number of benzene rings is 2. The van der Waals surface area contributed by atoms with Crippen LogP contribution in [-0.2, 0) is 17.1 Å². The monoisotopic (exact) mass is 657 g/mol. The molecule has 7 heteroatoms. The minimum absolute atomic E-state index is 0. The van der Waals surface area contributed by atoms with Crippen LogP contribution in [0.4, 0.5) is 0 Å². The predicted molar refractivity (Wildman–Crippen MR) is 169 cm³/mol. The first kappa shape index (κ1) is 35.4. The Bertz CT molecular complexity index is 1100. The molecule has 6 nitrogen and oxygen atoms in total. The first-order valence-electron chi connectivity index (χ1n) is 17.5. The molecule has 0 amide bonds. The Morgan fingerprint density at radius 1 is 0.444 bits per heavy atom. The minimum atomic E-state index is -0.908. The Morgan fingerprint density at radius 3 is 0.822 bits per heavy atom. The van der Waals surface area contributed by atoms with Gasteiger partial charge in [0, 0.05) is 0 Å². The van der Waals surface area contributed by atoms with Gasteiger partial charge >= 0.3 is 29.0 Å². The fourth-order valence-corrected chi connectivity index (χ4v) is 8.46. The molecule has 45 heavy (non-hydrogen) atoms. The van der Waals surface area contributed by atoms with Gasteiger partial charge in [0.2, 0.25) is 0 Å². The third kappa shape index (κ3) is 8.86. The molecule has 0 saturated heterocycles. The molecule has 0 unspecified atom stereocenters. The molecule has 0 aliphatic heterocycles. The van der Waals surface area contributed by atoms with Gasteiger partial charge in [0.25, 0.3) is 0 Å². The molecule has 4 fully saturated rings. The van der Waals surface area contributed by atoms with Crippen molar-refractivity contribution in [2.24, 2.45) is 0 Å². The Morgan fingerprint density at radius 2 is 0.644 bits per heavy atom. The van der Waals surface area contributed by atoms with Gasteiger partial charge in [-0.05, 0) is 99.3 Å². The van der Waals surface area contributed by atoms with Crippen LogP contribution in [0.3, 0.4) is 0 Å². The first-order chi connectivity index (χ1) is 21.3. The zero-order chi connectivity index (χ0) is 31.1. The van der Waals surface area contributed by atoms with E-state index in [4.69, 9.17) is 0 Å². The van der Waals surface area contributed by atoms with Crippen LogP contribution in [0.15, 0.2) is 24.3 Å². The van der Waals surface area contributed by atoms with Crippen molar-refractivity contribution < 1.29 is 47.1 Å². The van der Waals surface area contributed by atoms with Crippen LogP contribution in [0.5, 0.6) is 11.5 Å². The molecule has 4 aliphatic carbocycles. The summed E-state index contributed by atoms with van der Waals surface area (Å²) >= 11 is 0. The quantitative estimate of drug-likeness (QED) is 0.299. The largest absolute Gasteiger partial charge is 2.00 e. The van der Waals surface area contributed by atoms with Gasteiger partial charge in [0.15, 0.2) is 0 Å². The minimum Gasteiger partial charge on any atom is -0.872 e. The van der Waals surface area contributed by atoms with Crippen molar-refractivity contribution in [1.29, 1.82) is 0 Å². The summed E-state index contributed by atoms with van der Waals surface area (Å²) in [6.07, 6.45) is 22.4. The second-order valence-electron chi connectivity index (χ2n) is 13.9. The first-order valence-corrected chi connectivity index (χ1v) is 17.5. The van der Waals surface area contributed by atoms with E-state index >= 15 is 0 Å². The van der Waals surface area contributed by atoms with Crippen molar-refractivity contribution in [2.45, 2.75) is 152 Å². The topological polar surface area (TPSA) is 121 Å². The molecule has 0 atom stereocenters. The third-order valence-corrected chi connectivity index (χ3v) is 11.0. The van der Waals surface area contributed by atoms with E-state index in [1.165, 1.54) is 25.7 Å². The van der Waals surface area contributed by atoms with Gasteiger partial charge in [-0.2, -0.15) is 0 Å². The number of hydrogen-bond donors (Lipinski definition) is 2. The zero-order valence-corrected chi connectivity index (χ0v) is 27.8. The van der Waals surface area contributed by atoms with Gasteiger partial charge in [-0.15, -0.1) is 11.5 Å². The molecule has 0 aromatic heterocycles. The van der Waals surface area contributed by atoms with Crippen molar-refractivity contribution in [3.05, 3.63) is 57.6 Å². The van der Waals surface area contributed by atoms with Gasteiger partial charge < -0.3 is 20.4 Å². The SMILES string of the molecule is O=C(O)c1cc(C2CCCCC2)c([O-])c(C2CCCCC2)c1.O=C(O)c1cc(C2CCCCC2)c([O-])c(C2CCCCC2)c1.[Mn+2]. The van der Waals surface area contributed by atoms with E-state index in [0.717, 1.165) is 125 Å². The molecule has 4 saturated carbocycles. The van der Waals surface area contributed by atoms with Crippen LogP contribution >= 0.6 is 0 Å². The van der Waals surface area contributed by atoms with E-state index in [1.54, 1.807) is 24.3 Å². The summed E-state index contributed by atoms with van der Waals surface area (Å²) in [4.78, 5) is 23.0. The molecule has 2 N–H and O–H groups in total. The number of aromatic carboxylic acids is 2. The number of carbonyl (C=O) groups is 2. The molecule has 0 spiro atoms. The standard InChI is InChI=1S/2C19H26O3.Mn/c2*20-18-16(13-7-3-1-4-8-13)11-15(19(21)22)12-17(18)14-9-5-2-6-10-14;/h2*11-14,20H,1-10H2,(H,21,22);/q;;+2/p-2. The Balaban J connectivity index is 0.000000200. The molecule has 2 aromatic carbocycles. The summed E-state index contributed by atoms with van der Waals surface area (Å²) in [5, 5.41) is 44.7. The maximum Gasteiger partial charge on any atom is 2.00 e. The summed E-state index contributed by atoms with van der Waals surface area (Å²) < 4.78 is 0. The normalized spacial score (nSPS) is 20.4. The van der Waals surface area contributed by atoms with Crippen molar-refractivity contribution >= 4 is 11.9 Å². The molecular formula is C38H50MnO6. The van der Waals surface area contributed by atoms with E-state index in [1.807, 2.05) is 0 Å². The zero-order valence-electron chi connectivity index (χ0n) is 26.7. The van der Waals surface area contributed by atoms with Crippen LogP contribution in [0.25, 0.3) is 0 Å². The molecule has 1 radical (unpaired) electrons. The van der Waals surface area contributed by atoms with Crippen LogP contribution in [0.1, 0.15) is 195 Å². The second kappa shape index (κ2) is 16.9. The number of carboxylic acids is 2. The predicted octanol–water partition coefficient (Wildman–Crippen LogP) is 9.11. The molecule has 6 rings (SSSR count). The second-order valence-corrected chi connectivity index (χ2v) is 13.9. The van der Waals surface area contributed by atoms with Crippen LogP contribution in [0.2, 0.25) is 0 Å². The molecule has 245 valence electrons. The summed E-state index contributed by atoms with van der Waals surface area (Å²) in [6, 6.07) is 6.64. The summed E-state index contributed by atoms with van der Waals surface area (Å²) in [7, 11) is 0. The average molecular weight is 658 g/mol. The number of rotatable bonds is 6. The summed E-state index contributed by atoms with van der Waals surface area (Å²) in [5.41, 5.74) is 3.72. The Hall–Kier alpha value is -2.50. The van der Waals surface area contributed by atoms with Crippen LogP contribution in [-0.4, -0.2) is 22.2 Å². The number of carboxylic acid groups (broad SMARTS) is 2. The van der Waals surface area contributed by atoms with Crippen molar-refractivity contribution in [3.63, 3.8) is 0 Å². The van der Waals surface area contributed by atoms with Crippen molar-refractivity contribution in [1.82, 2.24) is 0 Å². The molecule has 2 aromatic rings. The molecule has 0 bridgehead atoms.